The topological polar surface area (TPSA) is 327 Å². The minimum atomic E-state index is -5.23. The monoisotopic (exact) mass is 723 g/mol. The standard InChI is InChI=1S/C22H32N4O16P2.Mn/c1-11-19(31)15(13(5-23-11)21(33)41-43(35,36)37)7-25(9-17(27)28)3-4-26(10-18(29)30)8-16-14(6-24-12(2)20(16)32)22(34)42-44(38,39)40;/h5-6,21-22,31-34H,3-4,7-10H2,1-2H3,(H,27,28)(H,29,30)(H2,35,36,37)(H2,38,39,40);/q;+2/p-2. The van der Waals surface area contributed by atoms with Crippen molar-refractivity contribution in [3.05, 3.63) is 46.0 Å². The molecule has 0 aromatic carbocycles. The minimum Gasteiger partial charge on any atom is -0.549 e. The smallest absolute Gasteiger partial charge is 0.549 e. The zero-order chi connectivity index (χ0) is 33.6. The van der Waals surface area contributed by atoms with E-state index in [4.69, 9.17) is 19.6 Å². The number of rotatable bonds is 17. The van der Waals surface area contributed by atoms with Crippen molar-refractivity contribution in [2.24, 2.45) is 0 Å². The molecular weight excluding hydrogens is 693 g/mol. The van der Waals surface area contributed by atoms with Crippen molar-refractivity contribution in [3.63, 3.8) is 0 Å². The van der Waals surface area contributed by atoms with Gasteiger partial charge >= 0.3 is 32.7 Å². The van der Waals surface area contributed by atoms with Crippen LogP contribution in [0.25, 0.3) is 0 Å². The first-order chi connectivity index (χ1) is 20.2. The number of hydrogen-bond donors (Lipinski definition) is 8. The van der Waals surface area contributed by atoms with E-state index >= 15 is 0 Å². The van der Waals surface area contributed by atoms with Gasteiger partial charge in [-0.15, -0.1) is 0 Å². The number of aryl methyl sites for hydroxylation is 2. The van der Waals surface area contributed by atoms with Gasteiger partial charge in [-0.3, -0.25) is 28.8 Å². The molecule has 8 N–H and O–H groups in total. The number of carboxylic acid groups (broad SMARTS) is 2. The second-order valence-corrected chi connectivity index (χ2v) is 11.7. The number of nitrogens with zero attached hydrogens (tertiary/aromatic N) is 4. The summed E-state index contributed by atoms with van der Waals surface area (Å²) in [5, 5.41) is 64.6. The van der Waals surface area contributed by atoms with Gasteiger partial charge in [0.15, 0.2) is 12.6 Å². The molecule has 45 heavy (non-hydrogen) atoms. The third-order valence-electron chi connectivity index (χ3n) is 5.96. The summed E-state index contributed by atoms with van der Waals surface area (Å²) in [6.07, 6.45) is -2.73. The van der Waals surface area contributed by atoms with Gasteiger partial charge in [0.25, 0.3) is 0 Å². The van der Waals surface area contributed by atoms with Gasteiger partial charge < -0.3 is 59.8 Å². The zero-order valence-electron chi connectivity index (χ0n) is 23.5. The molecule has 2 aromatic rings. The van der Waals surface area contributed by atoms with Gasteiger partial charge in [-0.1, -0.05) is 0 Å². The van der Waals surface area contributed by atoms with Crippen LogP contribution in [0, 0.1) is 13.8 Å². The van der Waals surface area contributed by atoms with E-state index in [0.29, 0.717) is 0 Å². The summed E-state index contributed by atoms with van der Waals surface area (Å²) in [6, 6.07) is 0. The molecule has 0 saturated heterocycles. The van der Waals surface area contributed by atoms with Crippen LogP contribution in [0.3, 0.4) is 0 Å². The molecule has 0 amide bonds. The molecule has 0 spiro atoms. The molecule has 0 fully saturated rings. The molecule has 0 saturated carbocycles. The maximum atomic E-state index is 11.5. The molecule has 2 atom stereocenters. The number of pyridine rings is 2. The molecule has 0 aliphatic rings. The van der Waals surface area contributed by atoms with Crippen molar-refractivity contribution >= 4 is 27.6 Å². The Morgan fingerprint density at radius 1 is 0.778 bits per heavy atom. The first kappa shape index (κ1) is 40.4. The fraction of sp³-hybridized carbons (Fsp3) is 0.455. The van der Waals surface area contributed by atoms with E-state index in [0.717, 1.165) is 22.2 Å². The van der Waals surface area contributed by atoms with Crippen molar-refractivity contribution in [2.75, 3.05) is 26.2 Å². The van der Waals surface area contributed by atoms with Crippen LogP contribution in [0.15, 0.2) is 12.4 Å². The first-order valence-electron chi connectivity index (χ1n) is 12.2. The number of carbonyl (C=O) groups is 2. The second-order valence-electron chi connectivity index (χ2n) is 9.31. The van der Waals surface area contributed by atoms with E-state index in [1.165, 1.54) is 13.8 Å². The Bertz CT molecular complexity index is 1350. The van der Waals surface area contributed by atoms with Crippen molar-refractivity contribution < 1.29 is 95.0 Å². The molecule has 251 valence electrons. The molecular formula is C22H30MnN4O16P2. The fourth-order valence-corrected chi connectivity index (χ4v) is 4.72. The second kappa shape index (κ2) is 16.8. The third kappa shape index (κ3) is 13.0. The van der Waals surface area contributed by atoms with Crippen LogP contribution in [0.2, 0.25) is 0 Å². The third-order valence-corrected chi connectivity index (χ3v) is 6.90. The molecule has 1 radical (unpaired) electrons. The predicted octanol–water partition coefficient (Wildman–Crippen LogP) is -3.49. The van der Waals surface area contributed by atoms with Crippen LogP contribution in [-0.4, -0.2) is 97.9 Å². The van der Waals surface area contributed by atoms with Gasteiger partial charge in [0.05, 0.1) is 23.3 Å². The number of carboxylic acids is 2. The fourth-order valence-electron chi connectivity index (χ4n) is 3.98. The van der Waals surface area contributed by atoms with Crippen LogP contribution in [0.4, 0.5) is 0 Å². The number of aliphatic hydroxyl groups is 2. The van der Waals surface area contributed by atoms with Crippen LogP contribution < -0.4 is 10.2 Å². The number of aromatic nitrogens is 2. The number of phosphoric acid groups is 2. The molecule has 23 heteroatoms. The van der Waals surface area contributed by atoms with E-state index in [2.05, 4.69) is 19.0 Å². The number of aromatic hydroxyl groups is 2. The van der Waals surface area contributed by atoms with Crippen molar-refractivity contribution in [2.45, 2.75) is 39.5 Å². The van der Waals surface area contributed by atoms with Crippen molar-refractivity contribution in [1.29, 1.82) is 0 Å². The Kier molecular flexibility index (Phi) is 15.1. The Hall–Kier alpha value is -2.58. The summed E-state index contributed by atoms with van der Waals surface area (Å²) in [5.41, 5.74) is -1.35. The summed E-state index contributed by atoms with van der Waals surface area (Å²) in [6.45, 7) is -0.720. The maximum Gasteiger partial charge on any atom is 2.00 e. The maximum absolute atomic E-state index is 11.5. The zero-order valence-corrected chi connectivity index (χ0v) is 26.4. The predicted molar refractivity (Wildman–Crippen MR) is 138 cm³/mol. The normalized spacial score (nSPS) is 13.5. The van der Waals surface area contributed by atoms with Crippen LogP contribution in [0.5, 0.6) is 11.5 Å². The number of carbonyl (C=O) groups excluding carboxylic acids is 2. The van der Waals surface area contributed by atoms with E-state index < -0.39 is 89.0 Å². The van der Waals surface area contributed by atoms with E-state index in [-0.39, 0.29) is 52.7 Å². The SMILES string of the molecule is Cc1ncc(C(O)OP(=O)(O)O)c(CN(CCN(CC(=O)[O-])Cc2c(C(O)OP(=O)(O)O)cnc(C)c2O)CC(=O)[O-])c1O.[Mn+2]. The molecule has 0 bridgehead atoms. The summed E-state index contributed by atoms with van der Waals surface area (Å²) >= 11 is 0. The number of aliphatic hydroxyl groups excluding tert-OH is 2. The van der Waals surface area contributed by atoms with Crippen molar-refractivity contribution in [1.82, 2.24) is 19.8 Å². The quantitative estimate of drug-likeness (QED) is 0.0446. The molecule has 2 aromatic heterocycles. The van der Waals surface area contributed by atoms with Crippen LogP contribution in [0.1, 0.15) is 46.2 Å². The largest absolute Gasteiger partial charge is 2.00 e. The van der Waals surface area contributed by atoms with Crippen molar-refractivity contribution in [3.8, 4) is 11.5 Å². The molecule has 2 unspecified atom stereocenters. The molecule has 20 nitrogen and oxygen atoms in total. The average molecular weight is 723 g/mol. The van der Waals surface area contributed by atoms with Crippen LogP contribution in [-0.2, 0) is 57.9 Å². The average Bonchev–Trinajstić information content (AvgIpc) is 2.85. The number of hydrogen-bond acceptors (Lipinski definition) is 16. The Balaban J connectivity index is 0.0000101. The van der Waals surface area contributed by atoms with Gasteiger partial charge in [0.2, 0.25) is 0 Å². The summed E-state index contributed by atoms with van der Waals surface area (Å²) < 4.78 is 31.0. The summed E-state index contributed by atoms with van der Waals surface area (Å²) in [4.78, 5) is 69.0. The molecule has 0 aliphatic carbocycles. The Morgan fingerprint density at radius 3 is 1.36 bits per heavy atom. The molecule has 2 heterocycles. The Morgan fingerprint density at radius 2 is 1.09 bits per heavy atom. The van der Waals surface area contributed by atoms with Gasteiger partial charge in [-0.2, -0.15) is 0 Å². The van der Waals surface area contributed by atoms with E-state index in [1.54, 1.807) is 0 Å². The number of aliphatic carboxylic acids is 2. The molecule has 0 aliphatic heterocycles. The van der Waals surface area contributed by atoms with Gasteiger partial charge in [0.1, 0.15) is 11.5 Å². The van der Waals surface area contributed by atoms with Gasteiger partial charge in [-0.25, -0.2) is 9.13 Å². The Labute approximate surface area is 265 Å². The first-order valence-corrected chi connectivity index (χ1v) is 15.3. The van der Waals surface area contributed by atoms with E-state index in [9.17, 15) is 49.4 Å². The summed E-state index contributed by atoms with van der Waals surface area (Å²) in [7, 11) is -10.5. The van der Waals surface area contributed by atoms with Gasteiger partial charge in [-0.05, 0) is 13.8 Å². The number of phosphoric ester groups is 2. The van der Waals surface area contributed by atoms with E-state index in [1.807, 2.05) is 0 Å². The minimum absolute atomic E-state index is 0. The van der Waals surface area contributed by atoms with Gasteiger partial charge in [0, 0.05) is 73.9 Å². The molecule has 2 rings (SSSR count). The van der Waals surface area contributed by atoms with Crippen LogP contribution >= 0.6 is 15.6 Å². The summed E-state index contributed by atoms with van der Waals surface area (Å²) in [5.74, 6) is -4.41.